The molecular formula is C9H18O4. The average molecular weight is 190 g/mol. The molecule has 0 aromatic rings. The van der Waals surface area contributed by atoms with Crippen molar-refractivity contribution in [3.8, 4) is 0 Å². The molecule has 2 unspecified atom stereocenters. The largest absolute Gasteiger partial charge is 0.373 e. The highest BCUT2D eigenvalue weighted by atomic mass is 17.5. The standard InChI is InChI=1S/C9H18O4/c1-8(12-13-10-2)5-3-4-6-9-7-11-9/h8-9H,3-7H2,1-2H3. The van der Waals surface area contributed by atoms with E-state index < -0.39 is 0 Å². The Bertz CT molecular complexity index is 125. The summed E-state index contributed by atoms with van der Waals surface area (Å²) in [6.07, 6.45) is 5.17. The Kier molecular flexibility index (Phi) is 5.31. The molecule has 0 bridgehead atoms. The SMILES string of the molecule is COOOC(C)CCCCC1CO1. The zero-order valence-electron chi connectivity index (χ0n) is 8.32. The molecule has 0 spiro atoms. The summed E-state index contributed by atoms with van der Waals surface area (Å²) in [5.74, 6) is 0. The maximum Gasteiger partial charge on any atom is 0.0933 e. The minimum absolute atomic E-state index is 0.0973. The van der Waals surface area contributed by atoms with E-state index in [0.717, 1.165) is 19.4 Å². The second kappa shape index (κ2) is 6.32. The van der Waals surface area contributed by atoms with Crippen molar-refractivity contribution in [3.05, 3.63) is 0 Å². The summed E-state index contributed by atoms with van der Waals surface area (Å²) in [6.45, 7) is 2.92. The predicted octanol–water partition coefficient (Wildman–Crippen LogP) is 1.84. The van der Waals surface area contributed by atoms with Crippen molar-refractivity contribution in [2.75, 3.05) is 13.7 Å². The molecule has 1 rings (SSSR count). The molecule has 1 aliphatic heterocycles. The maximum absolute atomic E-state index is 5.10. The van der Waals surface area contributed by atoms with Gasteiger partial charge in [-0.1, -0.05) is 17.9 Å². The van der Waals surface area contributed by atoms with Crippen molar-refractivity contribution in [2.45, 2.75) is 44.8 Å². The Morgan fingerprint density at radius 1 is 1.46 bits per heavy atom. The van der Waals surface area contributed by atoms with E-state index in [1.54, 1.807) is 0 Å². The van der Waals surface area contributed by atoms with Gasteiger partial charge in [-0.3, -0.25) is 0 Å². The van der Waals surface area contributed by atoms with Crippen LogP contribution < -0.4 is 0 Å². The van der Waals surface area contributed by atoms with Crippen LogP contribution in [-0.4, -0.2) is 25.9 Å². The molecule has 0 amide bonds. The van der Waals surface area contributed by atoms with Crippen LogP contribution >= 0.6 is 0 Å². The number of hydrogen-bond donors (Lipinski definition) is 0. The van der Waals surface area contributed by atoms with Crippen LogP contribution in [0.5, 0.6) is 0 Å². The van der Waals surface area contributed by atoms with Gasteiger partial charge in [-0.15, -0.1) is 0 Å². The molecule has 78 valence electrons. The maximum atomic E-state index is 5.10. The molecular weight excluding hydrogens is 172 g/mol. The van der Waals surface area contributed by atoms with Crippen molar-refractivity contribution in [1.82, 2.24) is 0 Å². The Morgan fingerprint density at radius 2 is 2.23 bits per heavy atom. The lowest BCUT2D eigenvalue weighted by atomic mass is 10.1. The van der Waals surface area contributed by atoms with Crippen LogP contribution in [-0.2, 0) is 19.6 Å². The van der Waals surface area contributed by atoms with Crippen molar-refractivity contribution < 1.29 is 19.6 Å². The van der Waals surface area contributed by atoms with Gasteiger partial charge in [-0.25, -0.2) is 9.78 Å². The molecule has 1 fully saturated rings. The van der Waals surface area contributed by atoms with Crippen molar-refractivity contribution in [3.63, 3.8) is 0 Å². The highest BCUT2D eigenvalue weighted by molar-refractivity contribution is 4.68. The van der Waals surface area contributed by atoms with Crippen LogP contribution in [0.3, 0.4) is 0 Å². The lowest BCUT2D eigenvalue weighted by molar-refractivity contribution is -0.515. The second-order valence-corrected chi connectivity index (χ2v) is 3.38. The van der Waals surface area contributed by atoms with E-state index in [-0.39, 0.29) is 6.10 Å². The van der Waals surface area contributed by atoms with Crippen LogP contribution in [0.4, 0.5) is 0 Å². The van der Waals surface area contributed by atoms with Crippen LogP contribution in [0.15, 0.2) is 0 Å². The molecule has 13 heavy (non-hydrogen) atoms. The summed E-state index contributed by atoms with van der Waals surface area (Å²) in [7, 11) is 1.43. The van der Waals surface area contributed by atoms with Gasteiger partial charge in [0, 0.05) is 0 Å². The third kappa shape index (κ3) is 5.99. The highest BCUT2D eigenvalue weighted by Gasteiger charge is 2.21. The first-order valence-corrected chi connectivity index (χ1v) is 4.80. The number of epoxide rings is 1. The highest BCUT2D eigenvalue weighted by Crippen LogP contribution is 2.17. The summed E-state index contributed by atoms with van der Waals surface area (Å²) >= 11 is 0. The summed E-state index contributed by atoms with van der Waals surface area (Å²) < 4.78 is 5.10. The number of unbranched alkanes of at least 4 members (excludes halogenated alkanes) is 1. The number of ether oxygens (including phenoxy) is 1. The molecule has 4 nitrogen and oxygen atoms in total. The van der Waals surface area contributed by atoms with Gasteiger partial charge in [0.05, 0.1) is 25.9 Å². The zero-order chi connectivity index (χ0) is 9.52. The molecule has 0 aromatic carbocycles. The fraction of sp³-hybridized carbons (Fsp3) is 1.00. The van der Waals surface area contributed by atoms with Gasteiger partial charge < -0.3 is 4.74 Å². The first-order chi connectivity index (χ1) is 6.33. The van der Waals surface area contributed by atoms with Crippen LogP contribution in [0, 0.1) is 0 Å². The van der Waals surface area contributed by atoms with Gasteiger partial charge in [0.2, 0.25) is 0 Å². The fourth-order valence-corrected chi connectivity index (χ4v) is 1.19. The van der Waals surface area contributed by atoms with Crippen molar-refractivity contribution >= 4 is 0 Å². The monoisotopic (exact) mass is 190 g/mol. The molecule has 1 saturated heterocycles. The summed E-state index contributed by atoms with van der Waals surface area (Å²) in [4.78, 5) is 9.19. The minimum Gasteiger partial charge on any atom is -0.373 e. The number of rotatable bonds is 8. The summed E-state index contributed by atoms with van der Waals surface area (Å²) in [6, 6.07) is 0. The molecule has 1 aliphatic rings. The van der Waals surface area contributed by atoms with Crippen molar-refractivity contribution in [1.29, 1.82) is 0 Å². The van der Waals surface area contributed by atoms with E-state index in [9.17, 15) is 0 Å². The zero-order valence-corrected chi connectivity index (χ0v) is 8.32. The van der Waals surface area contributed by atoms with Crippen molar-refractivity contribution in [2.24, 2.45) is 0 Å². The smallest absolute Gasteiger partial charge is 0.0933 e. The average Bonchev–Trinajstić information content (AvgIpc) is 2.92. The summed E-state index contributed by atoms with van der Waals surface area (Å²) in [5.41, 5.74) is 0. The van der Waals surface area contributed by atoms with Gasteiger partial charge in [0.15, 0.2) is 0 Å². The molecule has 0 aliphatic carbocycles. The molecule has 2 atom stereocenters. The second-order valence-electron chi connectivity index (χ2n) is 3.38. The Labute approximate surface area is 79.0 Å². The Balaban J connectivity index is 1.79. The first-order valence-electron chi connectivity index (χ1n) is 4.80. The molecule has 0 radical (unpaired) electrons. The molecule has 4 heteroatoms. The van der Waals surface area contributed by atoms with Gasteiger partial charge in [0.25, 0.3) is 0 Å². The quantitative estimate of drug-likeness (QED) is 0.253. The predicted molar refractivity (Wildman–Crippen MR) is 46.8 cm³/mol. The van der Waals surface area contributed by atoms with E-state index in [2.05, 4.69) is 9.93 Å². The van der Waals surface area contributed by atoms with Gasteiger partial charge in [-0.2, -0.15) is 0 Å². The van der Waals surface area contributed by atoms with E-state index in [1.807, 2.05) is 6.92 Å². The third-order valence-corrected chi connectivity index (χ3v) is 2.06. The van der Waals surface area contributed by atoms with Crippen LogP contribution in [0.1, 0.15) is 32.6 Å². The van der Waals surface area contributed by atoms with E-state index >= 15 is 0 Å². The molecule has 0 N–H and O–H groups in total. The Morgan fingerprint density at radius 3 is 2.85 bits per heavy atom. The Hall–Kier alpha value is -0.160. The fourth-order valence-electron chi connectivity index (χ4n) is 1.19. The van der Waals surface area contributed by atoms with Crippen LogP contribution in [0.2, 0.25) is 0 Å². The van der Waals surface area contributed by atoms with E-state index in [0.29, 0.717) is 6.10 Å². The molecule has 0 saturated carbocycles. The lowest BCUT2D eigenvalue weighted by Crippen LogP contribution is -2.08. The topological polar surface area (TPSA) is 40.2 Å². The van der Waals surface area contributed by atoms with Gasteiger partial charge in [-0.05, 0) is 19.8 Å². The van der Waals surface area contributed by atoms with E-state index in [4.69, 9.17) is 9.62 Å². The minimum atomic E-state index is 0.0973. The van der Waals surface area contributed by atoms with Gasteiger partial charge in [0.1, 0.15) is 0 Å². The number of hydrogen-bond acceptors (Lipinski definition) is 4. The lowest BCUT2D eigenvalue weighted by Gasteiger charge is -2.08. The van der Waals surface area contributed by atoms with E-state index in [1.165, 1.54) is 20.0 Å². The normalized spacial score (nSPS) is 23.1. The first kappa shape index (κ1) is 10.9. The molecule has 1 heterocycles. The van der Waals surface area contributed by atoms with Crippen LogP contribution in [0.25, 0.3) is 0 Å². The van der Waals surface area contributed by atoms with Gasteiger partial charge >= 0.3 is 0 Å². The summed E-state index contributed by atoms with van der Waals surface area (Å²) in [5, 5.41) is 4.36. The third-order valence-electron chi connectivity index (χ3n) is 2.06. The molecule has 0 aromatic heterocycles.